The Labute approximate surface area is 110 Å². The van der Waals surface area contributed by atoms with Crippen LogP contribution in [0.4, 0.5) is 4.79 Å². The minimum atomic E-state index is -0.453. The van der Waals surface area contributed by atoms with E-state index in [1.807, 2.05) is 34.6 Å². The largest absolute Gasteiger partial charge is 0.444 e. The summed E-state index contributed by atoms with van der Waals surface area (Å²) in [4.78, 5) is 11.3. The fourth-order valence-corrected chi connectivity index (χ4v) is 1.39. The highest BCUT2D eigenvalue weighted by Gasteiger charge is 2.16. The molecule has 0 atom stereocenters. The van der Waals surface area contributed by atoms with Gasteiger partial charge < -0.3 is 20.5 Å². The highest BCUT2D eigenvalue weighted by atomic mass is 16.6. The van der Waals surface area contributed by atoms with E-state index in [0.29, 0.717) is 13.0 Å². The second-order valence-electron chi connectivity index (χ2n) is 6.07. The highest BCUT2D eigenvalue weighted by molar-refractivity contribution is 5.67. The van der Waals surface area contributed by atoms with Gasteiger partial charge >= 0.3 is 6.09 Å². The summed E-state index contributed by atoms with van der Waals surface area (Å²) in [5.74, 6) is 0. The summed E-state index contributed by atoms with van der Waals surface area (Å²) >= 11 is 0. The molecule has 0 unspecified atom stereocenters. The summed E-state index contributed by atoms with van der Waals surface area (Å²) in [6.45, 7) is 11.2. The average Bonchev–Trinajstić information content (AvgIpc) is 2.13. The Kier molecular flexibility index (Phi) is 7.25. The van der Waals surface area contributed by atoms with E-state index < -0.39 is 5.60 Å². The Morgan fingerprint density at radius 2 is 1.78 bits per heavy atom. The molecule has 0 aromatic rings. The number of ether oxygens (including phenoxy) is 1. The molecule has 0 radical (unpaired) electrons. The fraction of sp³-hybridized carbons (Fsp3) is 0.923. The van der Waals surface area contributed by atoms with E-state index in [4.69, 9.17) is 9.84 Å². The van der Waals surface area contributed by atoms with Crippen molar-refractivity contribution >= 4 is 6.09 Å². The molecule has 0 aliphatic rings. The summed E-state index contributed by atoms with van der Waals surface area (Å²) in [5.41, 5.74) is -0.522. The van der Waals surface area contributed by atoms with E-state index in [1.54, 1.807) is 0 Å². The number of hydrogen-bond acceptors (Lipinski definition) is 4. The Bertz CT molecular complexity index is 247. The third-order valence-corrected chi connectivity index (χ3v) is 2.36. The van der Waals surface area contributed by atoms with Gasteiger partial charge in [-0.05, 0) is 54.0 Å². The van der Waals surface area contributed by atoms with Crippen molar-refractivity contribution in [1.82, 2.24) is 10.6 Å². The quantitative estimate of drug-likeness (QED) is 0.609. The first-order valence-corrected chi connectivity index (χ1v) is 6.49. The zero-order valence-corrected chi connectivity index (χ0v) is 12.3. The molecule has 0 aliphatic heterocycles. The molecule has 0 fully saturated rings. The van der Waals surface area contributed by atoms with Crippen LogP contribution in [-0.2, 0) is 4.74 Å². The molecule has 18 heavy (non-hydrogen) atoms. The average molecular weight is 260 g/mol. The first-order chi connectivity index (χ1) is 8.16. The molecule has 0 heterocycles. The van der Waals surface area contributed by atoms with Crippen molar-refractivity contribution in [2.45, 2.75) is 58.6 Å². The van der Waals surface area contributed by atoms with Crippen LogP contribution in [0.2, 0.25) is 0 Å². The number of carbonyl (C=O) groups is 1. The van der Waals surface area contributed by atoms with Crippen LogP contribution in [0.15, 0.2) is 0 Å². The third kappa shape index (κ3) is 10.4. The van der Waals surface area contributed by atoms with Crippen molar-refractivity contribution < 1.29 is 14.6 Å². The molecule has 3 N–H and O–H groups in total. The van der Waals surface area contributed by atoms with Crippen molar-refractivity contribution in [3.63, 3.8) is 0 Å². The van der Waals surface area contributed by atoms with Gasteiger partial charge in [0.25, 0.3) is 0 Å². The van der Waals surface area contributed by atoms with Crippen LogP contribution >= 0.6 is 0 Å². The van der Waals surface area contributed by atoms with Crippen LogP contribution in [-0.4, -0.2) is 42.0 Å². The van der Waals surface area contributed by atoms with Crippen molar-refractivity contribution in [3.05, 3.63) is 0 Å². The fourth-order valence-electron chi connectivity index (χ4n) is 1.39. The van der Waals surface area contributed by atoms with Crippen LogP contribution in [0.25, 0.3) is 0 Å². The molecule has 0 aliphatic carbocycles. The molecule has 0 aromatic heterocycles. The lowest BCUT2D eigenvalue weighted by Crippen LogP contribution is -2.41. The van der Waals surface area contributed by atoms with E-state index in [2.05, 4.69) is 10.6 Å². The Balaban J connectivity index is 3.60. The number of hydrogen-bond donors (Lipinski definition) is 3. The number of aliphatic hydroxyl groups is 1. The normalized spacial score (nSPS) is 12.3. The van der Waals surface area contributed by atoms with Gasteiger partial charge in [-0.1, -0.05) is 0 Å². The third-order valence-electron chi connectivity index (χ3n) is 2.36. The number of alkyl carbamates (subject to hydrolysis) is 1. The van der Waals surface area contributed by atoms with E-state index in [-0.39, 0.29) is 18.2 Å². The minimum absolute atomic E-state index is 0.0688. The second kappa shape index (κ2) is 7.59. The van der Waals surface area contributed by atoms with Gasteiger partial charge in [0, 0.05) is 18.7 Å². The molecule has 0 aromatic carbocycles. The number of aliphatic hydroxyl groups excluding tert-OH is 1. The Morgan fingerprint density at radius 1 is 1.17 bits per heavy atom. The van der Waals surface area contributed by atoms with E-state index in [1.165, 1.54) is 0 Å². The summed E-state index contributed by atoms with van der Waals surface area (Å²) in [6.07, 6.45) is 1.16. The summed E-state index contributed by atoms with van der Waals surface area (Å²) < 4.78 is 5.12. The molecule has 5 heteroatoms. The zero-order valence-electron chi connectivity index (χ0n) is 12.3. The first-order valence-electron chi connectivity index (χ1n) is 6.49. The van der Waals surface area contributed by atoms with E-state index in [9.17, 15) is 4.79 Å². The van der Waals surface area contributed by atoms with Gasteiger partial charge in [0.1, 0.15) is 5.60 Å². The Hall–Kier alpha value is -0.810. The Morgan fingerprint density at radius 3 is 2.28 bits per heavy atom. The van der Waals surface area contributed by atoms with Crippen LogP contribution in [0.5, 0.6) is 0 Å². The van der Waals surface area contributed by atoms with Crippen molar-refractivity contribution in [1.29, 1.82) is 0 Å². The zero-order chi connectivity index (χ0) is 14.2. The number of nitrogens with one attached hydrogen (secondary N) is 2. The maximum absolute atomic E-state index is 11.3. The molecule has 1 amide bonds. The molecule has 0 saturated carbocycles. The maximum atomic E-state index is 11.3. The number of amides is 1. The van der Waals surface area contributed by atoms with Gasteiger partial charge in [-0.3, -0.25) is 0 Å². The second-order valence-corrected chi connectivity index (χ2v) is 6.07. The lowest BCUT2D eigenvalue weighted by Gasteiger charge is -2.25. The number of carbonyl (C=O) groups excluding carboxylic acids is 1. The van der Waals surface area contributed by atoms with E-state index in [0.717, 1.165) is 13.0 Å². The first kappa shape index (κ1) is 17.2. The molecule has 0 rings (SSSR count). The van der Waals surface area contributed by atoms with E-state index >= 15 is 0 Å². The maximum Gasteiger partial charge on any atom is 0.407 e. The van der Waals surface area contributed by atoms with Crippen LogP contribution in [0, 0.1) is 0 Å². The number of rotatable bonds is 7. The van der Waals surface area contributed by atoms with Gasteiger partial charge in [-0.2, -0.15) is 0 Å². The monoisotopic (exact) mass is 260 g/mol. The van der Waals surface area contributed by atoms with Crippen molar-refractivity contribution in [3.8, 4) is 0 Å². The standard InChI is InChI=1S/C13H28N2O3/c1-12(2,3)18-11(17)14-8-6-9-15-13(4,5)7-10-16/h15-16H,6-10H2,1-5H3,(H,14,17). The summed E-state index contributed by atoms with van der Waals surface area (Å²) in [6, 6.07) is 0. The SMILES string of the molecule is CC(C)(CCO)NCCCNC(=O)OC(C)(C)C. The van der Waals surface area contributed by atoms with Gasteiger partial charge in [-0.25, -0.2) is 4.79 Å². The van der Waals surface area contributed by atoms with Crippen LogP contribution in [0.1, 0.15) is 47.5 Å². The molecular formula is C13H28N2O3. The van der Waals surface area contributed by atoms with Crippen molar-refractivity contribution in [2.75, 3.05) is 19.7 Å². The molecule has 0 spiro atoms. The van der Waals surface area contributed by atoms with Crippen LogP contribution in [0.3, 0.4) is 0 Å². The summed E-state index contributed by atoms with van der Waals surface area (Å²) in [5, 5.41) is 14.9. The molecule has 0 bridgehead atoms. The van der Waals surface area contributed by atoms with Crippen LogP contribution < -0.4 is 10.6 Å². The van der Waals surface area contributed by atoms with Gasteiger partial charge in [0.15, 0.2) is 0 Å². The van der Waals surface area contributed by atoms with Crippen molar-refractivity contribution in [2.24, 2.45) is 0 Å². The summed E-state index contributed by atoms with van der Waals surface area (Å²) in [7, 11) is 0. The topological polar surface area (TPSA) is 70.6 Å². The van der Waals surface area contributed by atoms with Gasteiger partial charge in [0.2, 0.25) is 0 Å². The molecular weight excluding hydrogens is 232 g/mol. The van der Waals surface area contributed by atoms with Gasteiger partial charge in [0.05, 0.1) is 0 Å². The lowest BCUT2D eigenvalue weighted by molar-refractivity contribution is 0.0527. The molecule has 108 valence electrons. The van der Waals surface area contributed by atoms with Gasteiger partial charge in [-0.15, -0.1) is 0 Å². The molecule has 0 saturated heterocycles. The predicted molar refractivity (Wildman–Crippen MR) is 72.6 cm³/mol. The highest BCUT2D eigenvalue weighted by Crippen LogP contribution is 2.07. The predicted octanol–water partition coefficient (Wildman–Crippen LogP) is 1.65. The minimum Gasteiger partial charge on any atom is -0.444 e. The smallest absolute Gasteiger partial charge is 0.407 e. The lowest BCUT2D eigenvalue weighted by atomic mass is 10.0. The molecule has 5 nitrogen and oxygen atoms in total.